The molecule has 0 aromatic heterocycles. The molecule has 1 saturated carbocycles. The van der Waals surface area contributed by atoms with Gasteiger partial charge in [-0.2, -0.15) is 0 Å². The van der Waals surface area contributed by atoms with Crippen molar-refractivity contribution in [2.75, 3.05) is 18.4 Å². The summed E-state index contributed by atoms with van der Waals surface area (Å²) < 4.78 is 5.68. The van der Waals surface area contributed by atoms with Crippen LogP contribution in [0.1, 0.15) is 49.9 Å². The van der Waals surface area contributed by atoms with Crippen molar-refractivity contribution in [3.63, 3.8) is 0 Å². The Morgan fingerprint density at radius 3 is 2.38 bits per heavy atom. The van der Waals surface area contributed by atoms with Gasteiger partial charge >= 0.3 is 0 Å². The fraction of sp³-hybridized carbons (Fsp3) is 0.600. The number of amides is 2. The number of nitrogens with one attached hydrogen (secondary N) is 1. The molecule has 2 unspecified atom stereocenters. The molecule has 1 aromatic rings. The lowest BCUT2D eigenvalue weighted by molar-refractivity contribution is -0.117. The predicted octanol–water partition coefficient (Wildman–Crippen LogP) is 2.39. The van der Waals surface area contributed by atoms with Crippen LogP contribution >= 0.6 is 0 Å². The minimum atomic E-state index is -0.0118. The van der Waals surface area contributed by atoms with Gasteiger partial charge in [0.15, 0.2) is 0 Å². The fourth-order valence-electron chi connectivity index (χ4n) is 3.99. The summed E-state index contributed by atoms with van der Waals surface area (Å²) >= 11 is 0. The van der Waals surface area contributed by atoms with Crippen LogP contribution in [0.15, 0.2) is 24.3 Å². The number of benzene rings is 1. The first kappa shape index (κ1) is 18.9. The number of anilines is 1. The molecule has 2 aliphatic rings. The van der Waals surface area contributed by atoms with E-state index in [9.17, 15) is 9.59 Å². The van der Waals surface area contributed by atoms with Crippen molar-refractivity contribution in [2.24, 2.45) is 11.7 Å². The van der Waals surface area contributed by atoms with E-state index in [0.717, 1.165) is 19.3 Å². The van der Waals surface area contributed by atoms with E-state index < -0.39 is 0 Å². The zero-order chi connectivity index (χ0) is 18.7. The summed E-state index contributed by atoms with van der Waals surface area (Å²) in [4.78, 5) is 26.7. The second-order valence-corrected chi connectivity index (χ2v) is 7.65. The lowest BCUT2D eigenvalue weighted by atomic mass is 10.00. The van der Waals surface area contributed by atoms with Gasteiger partial charge in [-0.1, -0.05) is 6.42 Å². The molecule has 3 rings (SSSR count). The van der Waals surface area contributed by atoms with Gasteiger partial charge in [-0.05, 0) is 56.9 Å². The summed E-state index contributed by atoms with van der Waals surface area (Å²) in [6.07, 6.45) is 3.69. The minimum absolute atomic E-state index is 0.00167. The highest BCUT2D eigenvalue weighted by atomic mass is 16.5. The van der Waals surface area contributed by atoms with Gasteiger partial charge in [0.1, 0.15) is 0 Å². The number of nitrogens with zero attached hydrogens (tertiary/aromatic N) is 1. The van der Waals surface area contributed by atoms with E-state index in [2.05, 4.69) is 5.32 Å². The maximum Gasteiger partial charge on any atom is 0.254 e. The maximum absolute atomic E-state index is 12.7. The molecule has 6 nitrogen and oxygen atoms in total. The SMILES string of the molecule is CC1CN(C(=O)c2ccc(NC(=O)C[C@@H]3CCC[C@H]3N)cc2)CC(C)O1. The second kappa shape index (κ2) is 8.18. The Morgan fingerprint density at radius 1 is 1.15 bits per heavy atom. The molecule has 1 heterocycles. The average molecular weight is 359 g/mol. The molecule has 1 saturated heterocycles. The van der Waals surface area contributed by atoms with E-state index in [-0.39, 0.29) is 36.0 Å². The average Bonchev–Trinajstić information content (AvgIpc) is 2.99. The van der Waals surface area contributed by atoms with E-state index in [4.69, 9.17) is 10.5 Å². The van der Waals surface area contributed by atoms with Gasteiger partial charge in [0.2, 0.25) is 5.91 Å². The molecule has 4 atom stereocenters. The number of morpholine rings is 1. The smallest absolute Gasteiger partial charge is 0.254 e. The number of hydrogen-bond acceptors (Lipinski definition) is 4. The summed E-state index contributed by atoms with van der Waals surface area (Å²) in [5.41, 5.74) is 7.37. The van der Waals surface area contributed by atoms with Crippen molar-refractivity contribution >= 4 is 17.5 Å². The van der Waals surface area contributed by atoms with E-state index in [1.54, 1.807) is 24.3 Å². The van der Waals surface area contributed by atoms with Crippen LogP contribution in [0.5, 0.6) is 0 Å². The summed E-state index contributed by atoms with van der Waals surface area (Å²) in [5, 5.41) is 2.91. The van der Waals surface area contributed by atoms with Gasteiger partial charge in [-0.15, -0.1) is 0 Å². The molecular weight excluding hydrogens is 330 g/mol. The van der Waals surface area contributed by atoms with Gasteiger partial charge in [0.25, 0.3) is 5.91 Å². The maximum atomic E-state index is 12.7. The monoisotopic (exact) mass is 359 g/mol. The highest BCUT2D eigenvalue weighted by Crippen LogP contribution is 2.27. The molecule has 3 N–H and O–H groups in total. The van der Waals surface area contributed by atoms with E-state index in [0.29, 0.717) is 30.8 Å². The van der Waals surface area contributed by atoms with Gasteiger partial charge in [-0.3, -0.25) is 9.59 Å². The Labute approximate surface area is 155 Å². The van der Waals surface area contributed by atoms with Crippen LogP contribution in [0.2, 0.25) is 0 Å². The first-order chi connectivity index (χ1) is 12.4. The molecular formula is C20H29N3O3. The number of nitrogens with two attached hydrogens (primary N) is 1. The van der Waals surface area contributed by atoms with E-state index >= 15 is 0 Å². The van der Waals surface area contributed by atoms with Crippen molar-refractivity contribution in [1.82, 2.24) is 4.90 Å². The largest absolute Gasteiger partial charge is 0.372 e. The van der Waals surface area contributed by atoms with Crippen molar-refractivity contribution in [2.45, 2.75) is 57.8 Å². The molecule has 6 heteroatoms. The van der Waals surface area contributed by atoms with Crippen molar-refractivity contribution < 1.29 is 14.3 Å². The Kier molecular flexibility index (Phi) is 5.94. The normalized spacial score (nSPS) is 28.8. The molecule has 142 valence electrons. The Morgan fingerprint density at radius 2 is 1.81 bits per heavy atom. The van der Waals surface area contributed by atoms with Gasteiger partial charge in [0.05, 0.1) is 12.2 Å². The first-order valence-electron chi connectivity index (χ1n) is 9.52. The lowest BCUT2D eigenvalue weighted by Gasteiger charge is -2.35. The number of carbonyl (C=O) groups is 2. The lowest BCUT2D eigenvalue weighted by Crippen LogP contribution is -2.48. The number of ether oxygens (including phenoxy) is 1. The van der Waals surface area contributed by atoms with Crippen LogP contribution in [-0.4, -0.2) is 48.1 Å². The molecule has 0 bridgehead atoms. The zero-order valence-electron chi connectivity index (χ0n) is 15.6. The summed E-state index contributed by atoms with van der Waals surface area (Å²) in [6, 6.07) is 7.24. The molecule has 0 spiro atoms. The van der Waals surface area contributed by atoms with Crippen LogP contribution in [0.3, 0.4) is 0 Å². The molecule has 2 amide bonds. The third-order valence-electron chi connectivity index (χ3n) is 5.29. The van der Waals surface area contributed by atoms with Crippen LogP contribution in [0.4, 0.5) is 5.69 Å². The quantitative estimate of drug-likeness (QED) is 0.864. The topological polar surface area (TPSA) is 84.7 Å². The first-order valence-corrected chi connectivity index (χ1v) is 9.52. The zero-order valence-corrected chi connectivity index (χ0v) is 15.6. The summed E-state index contributed by atoms with van der Waals surface area (Å²) in [7, 11) is 0. The standard InChI is InChI=1S/C20H29N3O3/c1-13-11-23(12-14(2)26-13)20(25)15-6-8-17(9-7-15)22-19(24)10-16-4-3-5-18(16)21/h6-9,13-14,16,18H,3-5,10-12,21H2,1-2H3,(H,22,24)/t13?,14?,16-,18+/m0/s1. The van der Waals surface area contributed by atoms with E-state index in [1.807, 2.05) is 18.7 Å². The van der Waals surface area contributed by atoms with Crippen LogP contribution in [0, 0.1) is 5.92 Å². The highest BCUT2D eigenvalue weighted by Gasteiger charge is 2.27. The predicted molar refractivity (Wildman–Crippen MR) is 101 cm³/mol. The van der Waals surface area contributed by atoms with Crippen LogP contribution in [0.25, 0.3) is 0 Å². The van der Waals surface area contributed by atoms with Crippen LogP contribution < -0.4 is 11.1 Å². The molecule has 1 aliphatic carbocycles. The van der Waals surface area contributed by atoms with Gasteiger partial charge in [-0.25, -0.2) is 0 Å². The van der Waals surface area contributed by atoms with Crippen molar-refractivity contribution in [3.8, 4) is 0 Å². The third kappa shape index (κ3) is 4.62. The fourth-order valence-corrected chi connectivity index (χ4v) is 3.99. The third-order valence-corrected chi connectivity index (χ3v) is 5.29. The van der Waals surface area contributed by atoms with Crippen molar-refractivity contribution in [3.05, 3.63) is 29.8 Å². The molecule has 1 aromatic carbocycles. The Balaban J connectivity index is 1.56. The Bertz CT molecular complexity index is 636. The molecule has 2 fully saturated rings. The summed E-state index contributed by atoms with van der Waals surface area (Å²) in [6.45, 7) is 5.15. The van der Waals surface area contributed by atoms with Crippen LogP contribution in [-0.2, 0) is 9.53 Å². The second-order valence-electron chi connectivity index (χ2n) is 7.65. The van der Waals surface area contributed by atoms with Gasteiger partial charge in [0, 0.05) is 36.8 Å². The van der Waals surface area contributed by atoms with E-state index in [1.165, 1.54) is 0 Å². The number of rotatable bonds is 4. The number of carbonyl (C=O) groups excluding carboxylic acids is 2. The Hall–Kier alpha value is -1.92. The molecule has 1 aliphatic heterocycles. The van der Waals surface area contributed by atoms with Gasteiger partial charge < -0.3 is 20.7 Å². The van der Waals surface area contributed by atoms with Crippen molar-refractivity contribution in [1.29, 1.82) is 0 Å². The molecule has 26 heavy (non-hydrogen) atoms. The number of hydrogen-bond donors (Lipinski definition) is 2. The molecule has 0 radical (unpaired) electrons. The highest BCUT2D eigenvalue weighted by molar-refractivity contribution is 5.96. The minimum Gasteiger partial charge on any atom is -0.372 e. The summed E-state index contributed by atoms with van der Waals surface area (Å²) in [5.74, 6) is 0.269.